The average molecular weight is 320 g/mol. The van der Waals surface area contributed by atoms with Gasteiger partial charge in [0.05, 0.1) is 12.0 Å². The van der Waals surface area contributed by atoms with E-state index in [0.29, 0.717) is 32.7 Å². The van der Waals surface area contributed by atoms with Gasteiger partial charge in [0.1, 0.15) is 0 Å². The topological polar surface area (TPSA) is 78.9 Å². The number of hydrogen-bond donors (Lipinski definition) is 2. The Hall–Kier alpha value is -2.08. The number of likely N-dealkylation sites (tertiary alicyclic amines) is 1. The summed E-state index contributed by atoms with van der Waals surface area (Å²) in [6, 6.07) is 9.80. The number of carbonyl (C=O) groups excluding carboxylic acids is 1. The summed E-state index contributed by atoms with van der Waals surface area (Å²) in [4.78, 5) is 24.3. The number of nitrogens with one attached hydrogen (secondary N) is 1. The Bertz CT molecular complexity index is 521. The number of carbonyl (C=O) groups is 2. The first kappa shape index (κ1) is 17.3. The fraction of sp³-hybridized carbons (Fsp3) is 0.529. The van der Waals surface area contributed by atoms with Crippen molar-refractivity contribution in [3.63, 3.8) is 0 Å². The van der Waals surface area contributed by atoms with Gasteiger partial charge in [0, 0.05) is 26.2 Å². The second kappa shape index (κ2) is 8.53. The van der Waals surface area contributed by atoms with E-state index < -0.39 is 11.9 Å². The predicted molar refractivity (Wildman–Crippen MR) is 86.1 cm³/mol. The molecule has 0 spiro atoms. The zero-order valence-corrected chi connectivity index (χ0v) is 13.4. The molecular formula is C17H24N2O4. The lowest BCUT2D eigenvalue weighted by Crippen LogP contribution is -2.39. The minimum atomic E-state index is -0.830. The summed E-state index contributed by atoms with van der Waals surface area (Å²) in [7, 11) is 0. The Kier molecular flexibility index (Phi) is 6.40. The molecule has 1 heterocycles. The van der Waals surface area contributed by atoms with E-state index in [1.165, 1.54) is 0 Å². The number of nitrogens with zero attached hydrogens (tertiary/aromatic N) is 1. The van der Waals surface area contributed by atoms with Gasteiger partial charge in [-0.05, 0) is 25.3 Å². The number of carboxylic acids is 1. The summed E-state index contributed by atoms with van der Waals surface area (Å²) >= 11 is 0. The third-order valence-electron chi connectivity index (χ3n) is 4.06. The Balaban J connectivity index is 1.59. The summed E-state index contributed by atoms with van der Waals surface area (Å²) in [5.41, 5.74) is 1.13. The fourth-order valence-electron chi connectivity index (χ4n) is 2.61. The lowest BCUT2D eigenvalue weighted by Gasteiger charge is -2.17. The zero-order chi connectivity index (χ0) is 16.7. The first-order valence-electron chi connectivity index (χ1n) is 8.00. The number of benzene rings is 1. The molecule has 2 N–H and O–H groups in total. The molecule has 1 saturated heterocycles. The molecule has 1 aliphatic rings. The van der Waals surface area contributed by atoms with E-state index in [9.17, 15) is 9.59 Å². The number of ether oxygens (including phenoxy) is 1. The van der Waals surface area contributed by atoms with Crippen LogP contribution in [0, 0.1) is 5.92 Å². The summed E-state index contributed by atoms with van der Waals surface area (Å²) in [5.74, 6) is -1.26. The zero-order valence-electron chi connectivity index (χ0n) is 13.4. The van der Waals surface area contributed by atoms with Gasteiger partial charge >= 0.3 is 12.0 Å². The Labute approximate surface area is 136 Å². The largest absolute Gasteiger partial charge is 0.481 e. The van der Waals surface area contributed by atoms with Gasteiger partial charge in [0.2, 0.25) is 0 Å². The summed E-state index contributed by atoms with van der Waals surface area (Å²) in [6.07, 6.45) is 1.28. The molecule has 0 aromatic heterocycles. The number of aliphatic carboxylic acids is 1. The lowest BCUT2D eigenvalue weighted by molar-refractivity contribution is -0.141. The first-order chi connectivity index (χ1) is 11.1. The predicted octanol–water partition coefficient (Wildman–Crippen LogP) is 2.27. The van der Waals surface area contributed by atoms with Gasteiger partial charge in [-0.15, -0.1) is 0 Å². The molecule has 1 aromatic carbocycles. The van der Waals surface area contributed by atoms with Crippen molar-refractivity contribution in [2.75, 3.05) is 26.2 Å². The standard InChI is InChI=1S/C17H24N2O4/c1-13(14-6-3-2-4-7-14)23-11-5-9-18-17(22)19-10-8-15(12-19)16(20)21/h2-4,6-7,13,15H,5,8-12H2,1H3,(H,18,22)(H,20,21). The van der Waals surface area contributed by atoms with E-state index >= 15 is 0 Å². The third-order valence-corrected chi connectivity index (χ3v) is 4.06. The number of hydrogen-bond acceptors (Lipinski definition) is 3. The van der Waals surface area contributed by atoms with Crippen LogP contribution >= 0.6 is 0 Å². The monoisotopic (exact) mass is 320 g/mol. The van der Waals surface area contributed by atoms with Crippen LogP contribution < -0.4 is 5.32 Å². The Morgan fingerprint density at radius 2 is 2.13 bits per heavy atom. The first-order valence-corrected chi connectivity index (χ1v) is 8.00. The van der Waals surface area contributed by atoms with E-state index in [2.05, 4.69) is 5.32 Å². The molecule has 0 radical (unpaired) electrons. The maximum absolute atomic E-state index is 11.9. The van der Waals surface area contributed by atoms with Crippen LogP contribution in [-0.4, -0.2) is 48.2 Å². The molecule has 126 valence electrons. The highest BCUT2D eigenvalue weighted by molar-refractivity contribution is 5.77. The molecule has 2 atom stereocenters. The van der Waals surface area contributed by atoms with Gasteiger partial charge < -0.3 is 20.1 Å². The van der Waals surface area contributed by atoms with Crippen LogP contribution in [0.1, 0.15) is 31.4 Å². The van der Waals surface area contributed by atoms with E-state index in [1.807, 2.05) is 37.3 Å². The van der Waals surface area contributed by atoms with Crippen LogP contribution in [0.2, 0.25) is 0 Å². The molecule has 1 aromatic rings. The molecule has 2 unspecified atom stereocenters. The smallest absolute Gasteiger partial charge is 0.317 e. The van der Waals surface area contributed by atoms with Crippen molar-refractivity contribution in [3.05, 3.63) is 35.9 Å². The molecule has 0 bridgehead atoms. The number of amides is 2. The maximum Gasteiger partial charge on any atom is 0.317 e. The van der Waals surface area contributed by atoms with Gasteiger partial charge in [0.25, 0.3) is 0 Å². The number of carboxylic acid groups (broad SMARTS) is 1. The van der Waals surface area contributed by atoms with Crippen molar-refractivity contribution in [2.24, 2.45) is 5.92 Å². The average Bonchev–Trinajstić information content (AvgIpc) is 3.05. The SMILES string of the molecule is CC(OCCCNC(=O)N1CCC(C(=O)O)C1)c1ccccc1. The van der Waals surface area contributed by atoms with Gasteiger partial charge in [-0.25, -0.2) is 4.79 Å². The van der Waals surface area contributed by atoms with Crippen molar-refractivity contribution < 1.29 is 19.4 Å². The van der Waals surface area contributed by atoms with Crippen LogP contribution in [0.5, 0.6) is 0 Å². The molecule has 0 aliphatic carbocycles. The van der Waals surface area contributed by atoms with Gasteiger partial charge in [0.15, 0.2) is 0 Å². The van der Waals surface area contributed by atoms with Crippen LogP contribution in [0.15, 0.2) is 30.3 Å². The van der Waals surface area contributed by atoms with Crippen LogP contribution in [0.25, 0.3) is 0 Å². The highest BCUT2D eigenvalue weighted by atomic mass is 16.5. The maximum atomic E-state index is 11.9. The van der Waals surface area contributed by atoms with Crippen LogP contribution in [0.4, 0.5) is 4.79 Å². The second-order valence-electron chi connectivity index (χ2n) is 5.78. The van der Waals surface area contributed by atoms with Crippen LogP contribution in [-0.2, 0) is 9.53 Å². The minimum absolute atomic E-state index is 0.0295. The van der Waals surface area contributed by atoms with E-state index in [0.717, 1.165) is 12.0 Å². The molecular weight excluding hydrogens is 296 g/mol. The molecule has 6 nitrogen and oxygen atoms in total. The second-order valence-corrected chi connectivity index (χ2v) is 5.78. The summed E-state index contributed by atoms with van der Waals surface area (Å²) in [5, 5.41) is 11.7. The molecule has 0 saturated carbocycles. The molecule has 2 rings (SSSR count). The molecule has 1 fully saturated rings. The van der Waals surface area contributed by atoms with Crippen molar-refractivity contribution in [2.45, 2.75) is 25.9 Å². The molecule has 23 heavy (non-hydrogen) atoms. The summed E-state index contributed by atoms with van der Waals surface area (Å²) < 4.78 is 5.74. The van der Waals surface area contributed by atoms with Crippen molar-refractivity contribution in [1.82, 2.24) is 10.2 Å². The normalized spacial score (nSPS) is 18.7. The third kappa shape index (κ3) is 5.25. The molecule has 1 aliphatic heterocycles. The highest BCUT2D eigenvalue weighted by Crippen LogP contribution is 2.17. The Morgan fingerprint density at radius 3 is 2.78 bits per heavy atom. The minimum Gasteiger partial charge on any atom is -0.481 e. The van der Waals surface area contributed by atoms with Gasteiger partial charge in [-0.2, -0.15) is 0 Å². The van der Waals surface area contributed by atoms with E-state index in [1.54, 1.807) is 4.90 Å². The van der Waals surface area contributed by atoms with Crippen molar-refractivity contribution in [1.29, 1.82) is 0 Å². The fourth-order valence-corrected chi connectivity index (χ4v) is 2.61. The highest BCUT2D eigenvalue weighted by Gasteiger charge is 2.30. The quantitative estimate of drug-likeness (QED) is 0.755. The van der Waals surface area contributed by atoms with Gasteiger partial charge in [-0.1, -0.05) is 30.3 Å². The number of rotatable bonds is 7. The van der Waals surface area contributed by atoms with E-state index in [4.69, 9.17) is 9.84 Å². The van der Waals surface area contributed by atoms with Crippen molar-refractivity contribution in [3.8, 4) is 0 Å². The lowest BCUT2D eigenvalue weighted by atomic mass is 10.1. The number of urea groups is 1. The van der Waals surface area contributed by atoms with Gasteiger partial charge in [-0.3, -0.25) is 4.79 Å². The Morgan fingerprint density at radius 1 is 1.39 bits per heavy atom. The molecule has 6 heteroatoms. The van der Waals surface area contributed by atoms with E-state index in [-0.39, 0.29) is 12.1 Å². The van der Waals surface area contributed by atoms with Crippen molar-refractivity contribution >= 4 is 12.0 Å². The summed E-state index contributed by atoms with van der Waals surface area (Å²) in [6.45, 7) is 3.89. The van der Waals surface area contributed by atoms with Crippen LogP contribution in [0.3, 0.4) is 0 Å². The molecule has 2 amide bonds.